The molecule has 0 bridgehead atoms. The van der Waals surface area contributed by atoms with Crippen molar-refractivity contribution in [3.8, 4) is 44.5 Å². The summed E-state index contributed by atoms with van der Waals surface area (Å²) in [6.07, 6.45) is 2.32. The molecule has 368 valence electrons. The highest BCUT2D eigenvalue weighted by Gasteiger charge is 2.50. The minimum atomic E-state index is -0.274. The second-order valence-electron chi connectivity index (χ2n) is 23.6. The molecule has 0 N–H and O–H groups in total. The molecule has 10 aromatic carbocycles. The Labute approximate surface area is 449 Å². The van der Waals surface area contributed by atoms with Crippen molar-refractivity contribution >= 4 is 63.3 Å². The molecule has 0 saturated heterocycles. The van der Waals surface area contributed by atoms with Gasteiger partial charge in [0.1, 0.15) is 0 Å². The summed E-state index contributed by atoms with van der Waals surface area (Å²) in [7, 11) is 0. The van der Waals surface area contributed by atoms with Crippen LogP contribution in [0, 0.1) is 6.92 Å². The lowest BCUT2D eigenvalue weighted by Gasteiger charge is -2.48. The van der Waals surface area contributed by atoms with Gasteiger partial charge < -0.3 is 14.6 Å². The van der Waals surface area contributed by atoms with E-state index in [1.807, 2.05) is 0 Å². The molecule has 3 nitrogen and oxygen atoms in total. The number of benzene rings is 10. The molecule has 0 radical (unpaired) electrons. The molecule has 0 unspecified atom stereocenters. The topological polar surface area (TPSA) is 9.72 Å². The van der Waals surface area contributed by atoms with E-state index >= 15 is 0 Å². The zero-order valence-corrected chi connectivity index (χ0v) is 44.7. The molecule has 0 fully saturated rings. The van der Waals surface area contributed by atoms with Gasteiger partial charge in [0.25, 0.3) is 0 Å². The molecule has 4 heteroatoms. The predicted molar refractivity (Wildman–Crippen MR) is 323 cm³/mol. The number of fused-ring (bicyclic) bond motifs is 9. The molecular weight excluding hydrogens is 918 g/mol. The molecule has 0 atom stereocenters. The number of hydrogen-bond acceptors (Lipinski definition) is 3. The van der Waals surface area contributed by atoms with Gasteiger partial charge in [-0.2, -0.15) is 0 Å². The lowest BCUT2D eigenvalue weighted by Crippen LogP contribution is -2.61. The van der Waals surface area contributed by atoms with Crippen molar-refractivity contribution in [1.82, 2.24) is 0 Å². The van der Waals surface area contributed by atoms with Gasteiger partial charge in [-0.05, 0) is 181 Å². The van der Waals surface area contributed by atoms with Crippen LogP contribution in [-0.4, -0.2) is 6.85 Å². The highest BCUT2D eigenvalue weighted by Crippen LogP contribution is 2.59. The SMILES string of the molecule is Cc1cc2c(cc1N1c3cc(-c4ccccc4)ccc3B3c4c1cc1c(c4-c4cc(N(c5ccccc5)c5ccccc5)ccc4N3c3ccc(-c4ccccc4)cc3)-c3ccccc3C1(C)C)C(C)(C)CCC2(C)C. The first-order valence-electron chi connectivity index (χ1n) is 27.3. The van der Waals surface area contributed by atoms with Crippen LogP contribution in [0.1, 0.15) is 82.2 Å². The molecule has 0 spiro atoms. The number of para-hydroxylation sites is 2. The van der Waals surface area contributed by atoms with Gasteiger partial charge in [-0.15, -0.1) is 0 Å². The van der Waals surface area contributed by atoms with Gasteiger partial charge in [-0.25, -0.2) is 0 Å². The van der Waals surface area contributed by atoms with E-state index in [4.69, 9.17) is 0 Å². The van der Waals surface area contributed by atoms with E-state index in [0.29, 0.717) is 0 Å². The third-order valence-corrected chi connectivity index (χ3v) is 17.8. The summed E-state index contributed by atoms with van der Waals surface area (Å²) >= 11 is 0. The Kier molecular flexibility index (Phi) is 10.4. The van der Waals surface area contributed by atoms with E-state index < -0.39 is 0 Å². The van der Waals surface area contributed by atoms with Crippen LogP contribution in [-0.2, 0) is 16.2 Å². The number of rotatable bonds is 7. The minimum absolute atomic E-state index is 0.0166. The van der Waals surface area contributed by atoms with E-state index in [1.54, 1.807) is 0 Å². The molecule has 14 rings (SSSR count). The maximum Gasteiger partial charge on any atom is 0.333 e. The molecule has 10 aromatic rings. The molecule has 76 heavy (non-hydrogen) atoms. The van der Waals surface area contributed by atoms with Crippen molar-refractivity contribution in [2.24, 2.45) is 0 Å². The Bertz CT molecular complexity index is 3880. The van der Waals surface area contributed by atoms with Crippen LogP contribution in [0.15, 0.2) is 224 Å². The third kappa shape index (κ3) is 7.03. The van der Waals surface area contributed by atoms with E-state index in [9.17, 15) is 0 Å². The van der Waals surface area contributed by atoms with Crippen LogP contribution in [0.2, 0.25) is 0 Å². The van der Waals surface area contributed by atoms with E-state index in [1.165, 1.54) is 112 Å². The monoisotopic (exact) mass is 980 g/mol. The lowest BCUT2D eigenvalue weighted by molar-refractivity contribution is 0.332. The van der Waals surface area contributed by atoms with E-state index in [-0.39, 0.29) is 23.1 Å². The van der Waals surface area contributed by atoms with Gasteiger partial charge in [-0.1, -0.05) is 193 Å². The van der Waals surface area contributed by atoms with Crippen LogP contribution < -0.4 is 25.5 Å². The van der Waals surface area contributed by atoms with Crippen molar-refractivity contribution in [3.05, 3.63) is 252 Å². The summed E-state index contributed by atoms with van der Waals surface area (Å²) in [5.74, 6) is 0. The Balaban J connectivity index is 1.12. The Morgan fingerprint density at radius 3 is 1.58 bits per heavy atom. The lowest BCUT2D eigenvalue weighted by atomic mass is 9.42. The zero-order valence-electron chi connectivity index (χ0n) is 44.7. The van der Waals surface area contributed by atoms with E-state index in [2.05, 4.69) is 288 Å². The Hall–Kier alpha value is -8.34. The normalized spacial score (nSPS) is 15.7. The summed E-state index contributed by atoms with van der Waals surface area (Å²) in [5, 5.41) is 0. The Morgan fingerprint density at radius 2 is 0.934 bits per heavy atom. The van der Waals surface area contributed by atoms with Gasteiger partial charge in [0.05, 0.1) is 0 Å². The standard InChI is InChI=1S/C72H62BN3/c1-47-42-59-60(71(4,5)41-40-70(59,2)3)45-64(47)75-65-43-51(49-24-14-9-15-25-49)34-38-62(65)73-69-66(75)46-61-67(56-30-20-21-31-58(56)72(61,6)7)68(69)57-44-55(74(52-26-16-10-17-27-52)53-28-18-11-19-29-53)37-39-63(57)76(73)54-35-32-50(33-36-54)48-22-12-8-13-23-48/h8-39,42-46H,40-41H2,1-7H3. The average Bonchev–Trinajstić information content (AvgIpc) is 3.83. The molecule has 2 aliphatic heterocycles. The number of hydrogen-bond donors (Lipinski definition) is 0. The van der Waals surface area contributed by atoms with Crippen LogP contribution in [0.4, 0.5) is 45.5 Å². The fourth-order valence-corrected chi connectivity index (χ4v) is 13.7. The van der Waals surface area contributed by atoms with Crippen molar-refractivity contribution in [1.29, 1.82) is 0 Å². The summed E-state index contributed by atoms with van der Waals surface area (Å²) in [6, 6.07) is 84.5. The highest BCUT2D eigenvalue weighted by molar-refractivity contribution is 6.93. The molecule has 0 aromatic heterocycles. The van der Waals surface area contributed by atoms with Crippen LogP contribution in [0.5, 0.6) is 0 Å². The van der Waals surface area contributed by atoms with Crippen molar-refractivity contribution < 1.29 is 0 Å². The molecule has 0 amide bonds. The van der Waals surface area contributed by atoms with Crippen LogP contribution in [0.25, 0.3) is 44.5 Å². The second kappa shape index (κ2) is 17.1. The molecule has 4 aliphatic rings. The zero-order chi connectivity index (χ0) is 51.7. The van der Waals surface area contributed by atoms with Crippen molar-refractivity contribution in [2.75, 3.05) is 14.6 Å². The van der Waals surface area contributed by atoms with Crippen LogP contribution >= 0.6 is 0 Å². The molecular formula is C72H62BN3. The number of nitrogens with zero attached hydrogens (tertiary/aromatic N) is 3. The first-order valence-corrected chi connectivity index (χ1v) is 27.3. The summed E-state index contributed by atoms with van der Waals surface area (Å²) in [5.41, 5.74) is 28.9. The maximum atomic E-state index is 2.70. The largest absolute Gasteiger partial charge is 0.376 e. The number of aryl methyl sites for hydroxylation is 1. The van der Waals surface area contributed by atoms with E-state index in [0.717, 1.165) is 29.2 Å². The summed E-state index contributed by atoms with van der Waals surface area (Å²) in [6.45, 7) is 16.9. The smallest absolute Gasteiger partial charge is 0.333 e. The van der Waals surface area contributed by atoms with Gasteiger partial charge in [0, 0.05) is 56.5 Å². The van der Waals surface area contributed by atoms with Gasteiger partial charge in [0.2, 0.25) is 0 Å². The number of anilines is 8. The summed E-state index contributed by atoms with van der Waals surface area (Å²) < 4.78 is 0. The fraction of sp³-hybridized carbons (Fsp3) is 0.167. The van der Waals surface area contributed by atoms with Crippen LogP contribution in [0.3, 0.4) is 0 Å². The van der Waals surface area contributed by atoms with Crippen molar-refractivity contribution in [3.63, 3.8) is 0 Å². The van der Waals surface area contributed by atoms with Gasteiger partial charge >= 0.3 is 6.85 Å². The van der Waals surface area contributed by atoms with Gasteiger partial charge in [0.15, 0.2) is 0 Å². The van der Waals surface area contributed by atoms with Crippen molar-refractivity contribution in [2.45, 2.75) is 77.6 Å². The fourth-order valence-electron chi connectivity index (χ4n) is 13.7. The molecule has 2 heterocycles. The summed E-state index contributed by atoms with van der Waals surface area (Å²) in [4.78, 5) is 7.80. The second-order valence-corrected chi connectivity index (χ2v) is 23.6. The maximum absolute atomic E-state index is 2.70. The minimum Gasteiger partial charge on any atom is -0.376 e. The Morgan fingerprint density at radius 1 is 0.395 bits per heavy atom. The molecule has 0 saturated carbocycles. The first kappa shape index (κ1) is 46.2. The quantitative estimate of drug-likeness (QED) is 0.147. The predicted octanol–water partition coefficient (Wildman–Crippen LogP) is 18.2. The van der Waals surface area contributed by atoms with Gasteiger partial charge in [-0.3, -0.25) is 0 Å². The highest BCUT2D eigenvalue weighted by atomic mass is 15.2. The third-order valence-electron chi connectivity index (χ3n) is 17.8. The average molecular weight is 980 g/mol. The molecule has 2 aliphatic carbocycles. The first-order chi connectivity index (χ1) is 36.9.